The van der Waals surface area contributed by atoms with Gasteiger partial charge < -0.3 is 5.32 Å². The first-order valence-corrected chi connectivity index (χ1v) is 8.53. The molecule has 3 rings (SSSR count). The fourth-order valence-corrected chi connectivity index (χ4v) is 2.78. The van der Waals surface area contributed by atoms with Crippen LogP contribution in [0, 0.1) is 19.7 Å². The van der Waals surface area contributed by atoms with Crippen LogP contribution >= 0.6 is 11.6 Å². The Morgan fingerprint density at radius 3 is 2.54 bits per heavy atom. The predicted molar refractivity (Wildman–Crippen MR) is 97.8 cm³/mol. The summed E-state index contributed by atoms with van der Waals surface area (Å²) >= 11 is 6.14. The number of carbonyl (C=O) groups is 1. The van der Waals surface area contributed by atoms with Crippen molar-refractivity contribution in [3.8, 4) is 0 Å². The average Bonchev–Trinajstić information content (AvgIpc) is 3.15. The fourth-order valence-electron chi connectivity index (χ4n) is 2.65. The van der Waals surface area contributed by atoms with Gasteiger partial charge >= 0.3 is 0 Å². The number of aromatic nitrogens is 4. The third-order valence-corrected chi connectivity index (χ3v) is 4.68. The summed E-state index contributed by atoms with van der Waals surface area (Å²) in [6.45, 7) is 5.86. The Hall–Kier alpha value is -2.67. The van der Waals surface area contributed by atoms with E-state index in [1.165, 1.54) is 12.1 Å². The summed E-state index contributed by atoms with van der Waals surface area (Å²) in [6, 6.07) is 7.39. The largest absolute Gasteiger partial charge is 0.307 e. The van der Waals surface area contributed by atoms with E-state index in [2.05, 4.69) is 15.5 Å². The first-order chi connectivity index (χ1) is 12.3. The van der Waals surface area contributed by atoms with Gasteiger partial charge in [-0.2, -0.15) is 10.2 Å². The molecule has 1 unspecified atom stereocenters. The van der Waals surface area contributed by atoms with E-state index in [0.29, 0.717) is 23.1 Å². The van der Waals surface area contributed by atoms with Gasteiger partial charge in [-0.05, 0) is 38.5 Å². The highest BCUT2D eigenvalue weighted by Gasteiger charge is 2.21. The Kier molecular flexibility index (Phi) is 5.08. The molecule has 1 atom stereocenters. The lowest BCUT2D eigenvalue weighted by Gasteiger charge is -2.13. The van der Waals surface area contributed by atoms with Gasteiger partial charge in [-0.15, -0.1) is 0 Å². The minimum atomic E-state index is -0.525. The maximum atomic E-state index is 13.0. The monoisotopic (exact) mass is 375 g/mol. The van der Waals surface area contributed by atoms with Crippen molar-refractivity contribution in [3.05, 3.63) is 64.3 Å². The van der Waals surface area contributed by atoms with E-state index >= 15 is 0 Å². The van der Waals surface area contributed by atoms with E-state index in [1.807, 2.05) is 6.92 Å². The molecule has 136 valence electrons. The lowest BCUT2D eigenvalue weighted by Crippen LogP contribution is -2.25. The molecule has 0 aliphatic carbocycles. The van der Waals surface area contributed by atoms with Crippen molar-refractivity contribution in [1.29, 1.82) is 0 Å². The SMILES string of the molecule is Cc1nn(C(C)C(=O)Nc2ccn(Cc3ccc(F)cc3)n2)c(C)c1Cl. The van der Waals surface area contributed by atoms with Gasteiger partial charge in [0, 0.05) is 12.3 Å². The Labute approximate surface area is 155 Å². The zero-order chi connectivity index (χ0) is 18.8. The highest BCUT2D eigenvalue weighted by Crippen LogP contribution is 2.22. The molecule has 0 aliphatic heterocycles. The van der Waals surface area contributed by atoms with Crippen molar-refractivity contribution < 1.29 is 9.18 Å². The van der Waals surface area contributed by atoms with Gasteiger partial charge in [-0.3, -0.25) is 14.2 Å². The first kappa shape index (κ1) is 18.1. The average molecular weight is 376 g/mol. The van der Waals surface area contributed by atoms with Gasteiger partial charge in [0.05, 0.1) is 23.0 Å². The minimum Gasteiger partial charge on any atom is -0.307 e. The zero-order valence-corrected chi connectivity index (χ0v) is 15.5. The maximum absolute atomic E-state index is 13.0. The molecule has 0 saturated carbocycles. The molecule has 26 heavy (non-hydrogen) atoms. The highest BCUT2D eigenvalue weighted by atomic mass is 35.5. The van der Waals surface area contributed by atoms with Crippen molar-refractivity contribution in [3.63, 3.8) is 0 Å². The number of anilines is 1. The molecular weight excluding hydrogens is 357 g/mol. The maximum Gasteiger partial charge on any atom is 0.250 e. The molecule has 1 aromatic carbocycles. The Balaban J connectivity index is 1.67. The van der Waals surface area contributed by atoms with Crippen molar-refractivity contribution in [1.82, 2.24) is 19.6 Å². The van der Waals surface area contributed by atoms with Crippen LogP contribution in [0.4, 0.5) is 10.2 Å². The summed E-state index contributed by atoms with van der Waals surface area (Å²) < 4.78 is 16.2. The number of carbonyl (C=O) groups excluding carboxylic acids is 1. The smallest absolute Gasteiger partial charge is 0.250 e. The fraction of sp³-hybridized carbons (Fsp3) is 0.278. The van der Waals surface area contributed by atoms with Gasteiger partial charge in [0.2, 0.25) is 5.91 Å². The van der Waals surface area contributed by atoms with Crippen LogP contribution in [0.1, 0.15) is 29.9 Å². The lowest BCUT2D eigenvalue weighted by atomic mass is 10.2. The van der Waals surface area contributed by atoms with Gasteiger partial charge in [0.25, 0.3) is 0 Å². The van der Waals surface area contributed by atoms with Gasteiger partial charge in [0.15, 0.2) is 5.82 Å². The van der Waals surface area contributed by atoms with E-state index in [-0.39, 0.29) is 11.7 Å². The summed E-state index contributed by atoms with van der Waals surface area (Å²) in [7, 11) is 0. The molecule has 6 nitrogen and oxygen atoms in total. The molecule has 0 aliphatic rings. The second kappa shape index (κ2) is 7.29. The topological polar surface area (TPSA) is 64.7 Å². The summed E-state index contributed by atoms with van der Waals surface area (Å²) in [5.41, 5.74) is 2.35. The number of hydrogen-bond acceptors (Lipinski definition) is 3. The molecular formula is C18H19ClFN5O. The quantitative estimate of drug-likeness (QED) is 0.738. The number of nitrogens with zero attached hydrogens (tertiary/aromatic N) is 4. The molecule has 2 heterocycles. The number of halogens is 2. The third-order valence-electron chi connectivity index (χ3n) is 4.13. The first-order valence-electron chi connectivity index (χ1n) is 8.15. The number of benzene rings is 1. The molecule has 8 heteroatoms. The van der Waals surface area contributed by atoms with Crippen LogP contribution in [-0.2, 0) is 11.3 Å². The molecule has 3 aromatic rings. The van der Waals surface area contributed by atoms with E-state index in [0.717, 1.165) is 11.3 Å². The molecule has 1 N–H and O–H groups in total. The number of rotatable bonds is 5. The Bertz CT molecular complexity index is 932. The van der Waals surface area contributed by atoms with Crippen molar-refractivity contribution in [2.45, 2.75) is 33.4 Å². The lowest BCUT2D eigenvalue weighted by molar-refractivity contribution is -0.119. The minimum absolute atomic E-state index is 0.237. The molecule has 0 radical (unpaired) electrons. The van der Waals surface area contributed by atoms with Crippen molar-refractivity contribution in [2.24, 2.45) is 0 Å². The van der Waals surface area contributed by atoms with Gasteiger partial charge in [-0.25, -0.2) is 4.39 Å². The van der Waals surface area contributed by atoms with Crippen molar-refractivity contribution in [2.75, 3.05) is 5.32 Å². The van der Waals surface area contributed by atoms with E-state index < -0.39 is 6.04 Å². The van der Waals surface area contributed by atoms with Crippen LogP contribution in [0.25, 0.3) is 0 Å². The normalized spacial score (nSPS) is 12.2. The molecule has 0 fully saturated rings. The molecule has 0 spiro atoms. The second-order valence-corrected chi connectivity index (χ2v) is 6.50. The molecule has 0 bridgehead atoms. The van der Waals surface area contributed by atoms with E-state index in [4.69, 9.17) is 11.6 Å². The number of aryl methyl sites for hydroxylation is 1. The van der Waals surface area contributed by atoms with Crippen LogP contribution < -0.4 is 5.32 Å². The third kappa shape index (κ3) is 3.77. The summed E-state index contributed by atoms with van der Waals surface area (Å²) in [5.74, 6) is -0.0729. The second-order valence-electron chi connectivity index (χ2n) is 6.12. The standard InChI is InChI=1S/C18H19ClFN5O/c1-11-17(19)12(2)25(22-11)13(3)18(26)21-16-8-9-24(23-16)10-14-4-6-15(20)7-5-14/h4-9,13H,10H2,1-3H3,(H,21,23,26). The summed E-state index contributed by atoms with van der Waals surface area (Å²) in [6.07, 6.45) is 1.75. The number of hydrogen-bond donors (Lipinski definition) is 1. The zero-order valence-electron chi connectivity index (χ0n) is 14.7. The predicted octanol–water partition coefficient (Wildman–Crippen LogP) is 3.74. The van der Waals surface area contributed by atoms with Gasteiger partial charge in [0.1, 0.15) is 11.9 Å². The van der Waals surface area contributed by atoms with Crippen LogP contribution in [-0.4, -0.2) is 25.5 Å². The Morgan fingerprint density at radius 1 is 1.23 bits per heavy atom. The molecule has 0 saturated heterocycles. The summed E-state index contributed by atoms with van der Waals surface area (Å²) in [4.78, 5) is 12.5. The Morgan fingerprint density at radius 2 is 1.92 bits per heavy atom. The highest BCUT2D eigenvalue weighted by molar-refractivity contribution is 6.31. The van der Waals surface area contributed by atoms with E-state index in [1.54, 1.807) is 47.6 Å². The van der Waals surface area contributed by atoms with Crippen LogP contribution in [0.3, 0.4) is 0 Å². The van der Waals surface area contributed by atoms with E-state index in [9.17, 15) is 9.18 Å². The van der Waals surface area contributed by atoms with Crippen LogP contribution in [0.5, 0.6) is 0 Å². The summed E-state index contributed by atoms with van der Waals surface area (Å²) in [5, 5.41) is 12.0. The van der Waals surface area contributed by atoms with Crippen LogP contribution in [0.15, 0.2) is 36.5 Å². The van der Waals surface area contributed by atoms with Gasteiger partial charge in [-0.1, -0.05) is 23.7 Å². The number of amides is 1. The molecule has 1 amide bonds. The van der Waals surface area contributed by atoms with Crippen molar-refractivity contribution >= 4 is 23.3 Å². The van der Waals surface area contributed by atoms with Crippen LogP contribution in [0.2, 0.25) is 5.02 Å². The number of nitrogens with one attached hydrogen (secondary N) is 1. The molecule has 2 aromatic heterocycles.